The zero-order valence-electron chi connectivity index (χ0n) is 30.2. The monoisotopic (exact) mass is 682 g/mol. The second-order valence-corrected chi connectivity index (χ2v) is 14.6. The van der Waals surface area contributed by atoms with Crippen molar-refractivity contribution in [2.75, 3.05) is 9.80 Å². The molecule has 2 aliphatic rings. The third-order valence-corrected chi connectivity index (χ3v) is 11.0. The minimum atomic E-state index is -0.193. The van der Waals surface area contributed by atoms with Crippen LogP contribution in [0.25, 0.3) is 27.8 Å². The molecule has 0 amide bonds. The van der Waals surface area contributed by atoms with Crippen LogP contribution in [0.5, 0.6) is 0 Å². The Morgan fingerprint density at radius 2 is 0.925 bits per heavy atom. The van der Waals surface area contributed by atoms with Crippen molar-refractivity contribution in [2.24, 2.45) is 0 Å². The van der Waals surface area contributed by atoms with Gasteiger partial charge in [0.1, 0.15) is 0 Å². The van der Waals surface area contributed by atoms with Gasteiger partial charge in [-0.2, -0.15) is 0 Å². The highest BCUT2D eigenvalue weighted by atomic mass is 15.2. The highest BCUT2D eigenvalue weighted by Gasteiger charge is 2.37. The molecule has 2 aliphatic carbocycles. The number of benzene rings is 7. The van der Waals surface area contributed by atoms with Gasteiger partial charge >= 0.3 is 0 Å². The maximum absolute atomic E-state index is 2.53. The van der Waals surface area contributed by atoms with E-state index < -0.39 is 0 Å². The van der Waals surface area contributed by atoms with Gasteiger partial charge in [0.25, 0.3) is 0 Å². The third-order valence-electron chi connectivity index (χ3n) is 11.0. The lowest BCUT2D eigenvalue weighted by atomic mass is 9.82. The Labute approximate surface area is 313 Å². The van der Waals surface area contributed by atoms with Crippen molar-refractivity contribution in [3.8, 4) is 22.3 Å². The van der Waals surface area contributed by atoms with Gasteiger partial charge in [-0.1, -0.05) is 153 Å². The molecule has 0 N–H and O–H groups in total. The first-order valence-electron chi connectivity index (χ1n) is 18.6. The molecule has 0 bridgehead atoms. The van der Waals surface area contributed by atoms with Gasteiger partial charge in [0.05, 0.1) is 6.04 Å². The second-order valence-electron chi connectivity index (χ2n) is 14.6. The number of nitrogens with zero attached hydrogens (tertiary/aromatic N) is 2. The molecule has 2 heteroatoms. The molecule has 0 fully saturated rings. The van der Waals surface area contributed by atoms with E-state index in [2.05, 4.69) is 224 Å². The quantitative estimate of drug-likeness (QED) is 0.157. The van der Waals surface area contributed by atoms with Crippen LogP contribution in [0.15, 0.2) is 200 Å². The molecule has 53 heavy (non-hydrogen) atoms. The van der Waals surface area contributed by atoms with Crippen molar-refractivity contribution in [1.82, 2.24) is 0 Å². The lowest BCUT2D eigenvalue weighted by Gasteiger charge is -2.34. The molecule has 9 rings (SSSR count). The van der Waals surface area contributed by atoms with Crippen molar-refractivity contribution >= 4 is 34.0 Å². The van der Waals surface area contributed by atoms with E-state index in [0.717, 1.165) is 23.5 Å². The Morgan fingerprint density at radius 1 is 0.453 bits per heavy atom. The van der Waals surface area contributed by atoms with Crippen molar-refractivity contribution in [2.45, 2.75) is 31.7 Å². The summed E-state index contributed by atoms with van der Waals surface area (Å²) in [5.41, 5.74) is 16.0. The number of para-hydroxylation sites is 2. The molecular weight excluding hydrogens is 641 g/mol. The average molecular weight is 683 g/mol. The van der Waals surface area contributed by atoms with Crippen molar-refractivity contribution in [3.63, 3.8) is 0 Å². The molecule has 1 atom stereocenters. The number of allylic oxidation sites excluding steroid dienone is 2. The summed E-state index contributed by atoms with van der Waals surface area (Å²) in [5, 5.41) is 0. The third kappa shape index (κ3) is 6.07. The summed E-state index contributed by atoms with van der Waals surface area (Å²) in [7, 11) is 0. The van der Waals surface area contributed by atoms with E-state index in [4.69, 9.17) is 0 Å². The molecular formula is C51H42N2. The van der Waals surface area contributed by atoms with E-state index in [1.54, 1.807) is 0 Å². The maximum Gasteiger partial charge on any atom is 0.0560 e. The first-order valence-corrected chi connectivity index (χ1v) is 18.6. The van der Waals surface area contributed by atoms with Crippen LogP contribution in [0.3, 0.4) is 0 Å². The average Bonchev–Trinajstić information content (AvgIpc) is 3.45. The summed E-state index contributed by atoms with van der Waals surface area (Å²) in [4.78, 5) is 4.89. The first kappa shape index (κ1) is 32.5. The van der Waals surface area contributed by atoms with Crippen LogP contribution in [0.1, 0.15) is 37.0 Å². The largest absolute Gasteiger partial charge is 0.334 e. The summed E-state index contributed by atoms with van der Waals surface area (Å²) in [5.74, 6) is 0. The van der Waals surface area contributed by atoms with Gasteiger partial charge in [-0.05, 0) is 112 Å². The van der Waals surface area contributed by atoms with Crippen LogP contribution in [0.4, 0.5) is 28.4 Å². The number of anilines is 5. The lowest BCUT2D eigenvalue weighted by Crippen LogP contribution is -2.30. The summed E-state index contributed by atoms with van der Waals surface area (Å²) in [6.07, 6.45) is 7.99. The van der Waals surface area contributed by atoms with Crippen LogP contribution >= 0.6 is 0 Å². The maximum atomic E-state index is 2.53. The van der Waals surface area contributed by atoms with E-state index in [1.807, 2.05) is 0 Å². The number of fused-ring (bicyclic) bond motifs is 3. The molecule has 256 valence electrons. The van der Waals surface area contributed by atoms with Gasteiger partial charge in [-0.15, -0.1) is 0 Å². The molecule has 0 spiro atoms. The molecule has 7 aromatic rings. The Kier molecular flexibility index (Phi) is 8.37. The van der Waals surface area contributed by atoms with Crippen LogP contribution in [-0.2, 0) is 5.41 Å². The highest BCUT2D eigenvalue weighted by Crippen LogP contribution is 2.52. The van der Waals surface area contributed by atoms with Crippen molar-refractivity contribution < 1.29 is 0 Å². The molecule has 2 nitrogen and oxygen atoms in total. The topological polar surface area (TPSA) is 6.48 Å². The Balaban J connectivity index is 1.10. The zero-order valence-corrected chi connectivity index (χ0v) is 30.2. The summed E-state index contributed by atoms with van der Waals surface area (Å²) >= 11 is 0. The van der Waals surface area contributed by atoms with Gasteiger partial charge in [0.15, 0.2) is 0 Å². The second kappa shape index (κ2) is 13.6. The Hall–Kier alpha value is -6.38. The molecule has 0 saturated carbocycles. The molecule has 0 heterocycles. The van der Waals surface area contributed by atoms with Gasteiger partial charge in [0, 0.05) is 33.9 Å². The van der Waals surface area contributed by atoms with Crippen LogP contribution in [0, 0.1) is 0 Å². The molecule has 1 unspecified atom stereocenters. The standard InChI is InChI=1S/C51H42N2/c1-51(2)49-35-45(52(41-19-11-5-12-20-41)42-21-13-6-14-22-42)31-33-47(49)48-34-32-46(36-50(48)51)53(43-27-23-39(24-28-43)37-15-7-3-8-16-37)44-29-25-40(26-30-44)38-17-9-4-10-18-38/h3-29,31-36,44H,30H2,1-2H3. The van der Waals surface area contributed by atoms with Crippen molar-refractivity contribution in [1.29, 1.82) is 0 Å². The highest BCUT2D eigenvalue weighted by molar-refractivity contribution is 5.87. The van der Waals surface area contributed by atoms with Crippen LogP contribution < -0.4 is 9.80 Å². The van der Waals surface area contributed by atoms with Gasteiger partial charge in [-0.3, -0.25) is 0 Å². The van der Waals surface area contributed by atoms with Gasteiger partial charge < -0.3 is 9.80 Å². The molecule has 0 aromatic heterocycles. The van der Waals surface area contributed by atoms with E-state index in [9.17, 15) is 0 Å². The van der Waals surface area contributed by atoms with Gasteiger partial charge in [0.2, 0.25) is 0 Å². The first-order chi connectivity index (χ1) is 26.0. The SMILES string of the molecule is CC1(C)c2cc(N(c3ccccc3)c3ccccc3)ccc2-c2ccc(N(c3ccc(-c4ccccc4)cc3)C3C=CC(c4ccccc4)=CC3)cc21. The fraction of sp³-hybridized carbons (Fsp3) is 0.0980. The van der Waals surface area contributed by atoms with Crippen LogP contribution in [-0.4, -0.2) is 6.04 Å². The zero-order chi connectivity index (χ0) is 35.8. The summed E-state index contributed by atoms with van der Waals surface area (Å²) in [6, 6.07) is 66.1. The predicted molar refractivity (Wildman–Crippen MR) is 225 cm³/mol. The Morgan fingerprint density at radius 3 is 1.47 bits per heavy atom. The number of hydrogen-bond acceptors (Lipinski definition) is 2. The van der Waals surface area contributed by atoms with E-state index >= 15 is 0 Å². The van der Waals surface area contributed by atoms with Crippen molar-refractivity contribution in [3.05, 3.63) is 217 Å². The lowest BCUT2D eigenvalue weighted by molar-refractivity contribution is 0.659. The minimum Gasteiger partial charge on any atom is -0.334 e. The van der Waals surface area contributed by atoms with Gasteiger partial charge in [-0.25, -0.2) is 0 Å². The fourth-order valence-electron chi connectivity index (χ4n) is 8.23. The summed E-state index contributed by atoms with van der Waals surface area (Å²) < 4.78 is 0. The van der Waals surface area contributed by atoms with E-state index in [1.165, 1.54) is 55.9 Å². The predicted octanol–water partition coefficient (Wildman–Crippen LogP) is 13.7. The van der Waals surface area contributed by atoms with E-state index in [-0.39, 0.29) is 11.5 Å². The van der Waals surface area contributed by atoms with E-state index in [0.29, 0.717) is 0 Å². The summed E-state index contributed by atoms with van der Waals surface area (Å²) in [6.45, 7) is 4.77. The molecule has 0 saturated heterocycles. The molecule has 0 radical (unpaired) electrons. The number of hydrogen-bond donors (Lipinski definition) is 0. The minimum absolute atomic E-state index is 0.173. The normalized spacial score (nSPS) is 15.3. The fourth-order valence-corrected chi connectivity index (χ4v) is 8.23. The number of rotatable bonds is 8. The molecule has 7 aromatic carbocycles. The van der Waals surface area contributed by atoms with Crippen LogP contribution in [0.2, 0.25) is 0 Å². The Bertz CT molecular complexity index is 2390. The smallest absolute Gasteiger partial charge is 0.0560 e. The molecule has 0 aliphatic heterocycles.